The highest BCUT2D eigenvalue weighted by atomic mass is 32.2. The summed E-state index contributed by atoms with van der Waals surface area (Å²) >= 11 is 1.63. The van der Waals surface area contributed by atoms with E-state index in [0.717, 1.165) is 19.4 Å². The molecule has 2 unspecified atom stereocenters. The Morgan fingerprint density at radius 1 is 1.37 bits per heavy atom. The van der Waals surface area contributed by atoms with E-state index in [1.807, 2.05) is 18.4 Å². The van der Waals surface area contributed by atoms with E-state index < -0.39 is 15.3 Å². The molecule has 6 heteroatoms. The van der Waals surface area contributed by atoms with Gasteiger partial charge in [0, 0.05) is 12.6 Å². The monoisotopic (exact) mass is 304 g/mol. The van der Waals surface area contributed by atoms with E-state index in [-0.39, 0.29) is 6.04 Å². The van der Waals surface area contributed by atoms with Crippen molar-refractivity contribution in [1.29, 1.82) is 0 Å². The van der Waals surface area contributed by atoms with Crippen molar-refractivity contribution < 1.29 is 8.42 Å². The Labute approximate surface area is 120 Å². The Bertz CT molecular complexity index is 443. The van der Waals surface area contributed by atoms with Crippen molar-refractivity contribution in [3.05, 3.63) is 22.4 Å². The van der Waals surface area contributed by atoms with Crippen LogP contribution in [-0.4, -0.2) is 32.8 Å². The van der Waals surface area contributed by atoms with Crippen LogP contribution in [0.15, 0.2) is 16.8 Å². The lowest BCUT2D eigenvalue weighted by atomic mass is 10.1. The fourth-order valence-corrected chi connectivity index (χ4v) is 3.69. The fourth-order valence-electron chi connectivity index (χ4n) is 1.79. The number of hydrogen-bond acceptors (Lipinski definition) is 4. The molecule has 4 nitrogen and oxygen atoms in total. The first-order valence-electron chi connectivity index (χ1n) is 6.68. The molecule has 0 aliphatic heterocycles. The summed E-state index contributed by atoms with van der Waals surface area (Å²) in [4.78, 5) is 0. The molecule has 2 atom stereocenters. The van der Waals surface area contributed by atoms with Gasteiger partial charge in [0.1, 0.15) is 0 Å². The summed E-state index contributed by atoms with van der Waals surface area (Å²) < 4.78 is 27.0. The predicted molar refractivity (Wildman–Crippen MR) is 82.2 cm³/mol. The lowest BCUT2D eigenvalue weighted by molar-refractivity contribution is 0.539. The standard InChI is InChI=1S/C13H24N2O2S2/c1-4-6-14-9-12(3)19(16,17)15-11(2)8-13-5-7-18-10-13/h5,7,10-12,14-15H,4,6,8-9H2,1-3H3. The molecule has 0 aromatic carbocycles. The second kappa shape index (κ2) is 7.99. The van der Waals surface area contributed by atoms with Gasteiger partial charge in [0.2, 0.25) is 10.0 Å². The van der Waals surface area contributed by atoms with E-state index >= 15 is 0 Å². The number of hydrogen-bond donors (Lipinski definition) is 2. The molecular weight excluding hydrogens is 280 g/mol. The predicted octanol–water partition coefficient (Wildman–Crippen LogP) is 1.99. The summed E-state index contributed by atoms with van der Waals surface area (Å²) in [5, 5.41) is 6.79. The fraction of sp³-hybridized carbons (Fsp3) is 0.692. The molecule has 1 aromatic rings. The van der Waals surface area contributed by atoms with Gasteiger partial charge in [-0.15, -0.1) is 0 Å². The average Bonchev–Trinajstić information content (AvgIpc) is 2.81. The topological polar surface area (TPSA) is 58.2 Å². The molecule has 1 heterocycles. The molecule has 110 valence electrons. The van der Waals surface area contributed by atoms with E-state index in [1.54, 1.807) is 18.3 Å². The summed E-state index contributed by atoms with van der Waals surface area (Å²) in [7, 11) is -3.25. The molecule has 0 radical (unpaired) electrons. The van der Waals surface area contributed by atoms with Crippen molar-refractivity contribution in [1.82, 2.24) is 10.0 Å². The molecular formula is C13H24N2O2S2. The normalized spacial score (nSPS) is 15.3. The molecule has 0 saturated heterocycles. The minimum Gasteiger partial charge on any atom is -0.315 e. The van der Waals surface area contributed by atoms with Crippen LogP contribution < -0.4 is 10.0 Å². The third-order valence-corrected chi connectivity index (χ3v) is 5.56. The van der Waals surface area contributed by atoms with Crippen LogP contribution in [0.3, 0.4) is 0 Å². The molecule has 0 aliphatic rings. The third-order valence-electron chi connectivity index (χ3n) is 2.88. The minimum atomic E-state index is -3.25. The third kappa shape index (κ3) is 6.03. The average molecular weight is 304 g/mol. The highest BCUT2D eigenvalue weighted by molar-refractivity contribution is 7.90. The van der Waals surface area contributed by atoms with Crippen molar-refractivity contribution in [2.75, 3.05) is 13.1 Å². The van der Waals surface area contributed by atoms with Gasteiger partial charge in [-0.2, -0.15) is 11.3 Å². The second-order valence-corrected chi connectivity index (χ2v) is 7.82. The molecule has 0 fully saturated rings. The van der Waals surface area contributed by atoms with Crippen LogP contribution in [0, 0.1) is 0 Å². The Balaban J connectivity index is 2.44. The molecule has 1 rings (SSSR count). The summed E-state index contributed by atoms with van der Waals surface area (Å²) in [6.45, 7) is 7.05. The zero-order chi connectivity index (χ0) is 14.3. The van der Waals surface area contributed by atoms with Crippen LogP contribution in [0.4, 0.5) is 0 Å². The van der Waals surface area contributed by atoms with E-state index in [4.69, 9.17) is 0 Å². The number of sulfonamides is 1. The van der Waals surface area contributed by atoms with Gasteiger partial charge in [-0.25, -0.2) is 13.1 Å². The van der Waals surface area contributed by atoms with E-state index in [9.17, 15) is 8.42 Å². The van der Waals surface area contributed by atoms with Gasteiger partial charge in [0.25, 0.3) is 0 Å². The lowest BCUT2D eigenvalue weighted by Crippen LogP contribution is -2.43. The van der Waals surface area contributed by atoms with Gasteiger partial charge in [0.05, 0.1) is 5.25 Å². The van der Waals surface area contributed by atoms with Crippen LogP contribution in [0.25, 0.3) is 0 Å². The Hall–Kier alpha value is -0.430. The molecule has 0 aliphatic carbocycles. The maximum Gasteiger partial charge on any atom is 0.215 e. The Kier molecular flexibility index (Phi) is 6.99. The summed E-state index contributed by atoms with van der Waals surface area (Å²) in [5.41, 5.74) is 1.18. The molecule has 0 amide bonds. The van der Waals surface area contributed by atoms with Crippen molar-refractivity contribution in [2.45, 2.75) is 44.9 Å². The van der Waals surface area contributed by atoms with E-state index in [2.05, 4.69) is 22.3 Å². The van der Waals surface area contributed by atoms with Gasteiger partial charge in [0.15, 0.2) is 0 Å². The van der Waals surface area contributed by atoms with E-state index in [1.165, 1.54) is 5.56 Å². The first kappa shape index (κ1) is 16.6. The van der Waals surface area contributed by atoms with Crippen molar-refractivity contribution in [3.63, 3.8) is 0 Å². The van der Waals surface area contributed by atoms with Crippen molar-refractivity contribution in [3.8, 4) is 0 Å². The second-order valence-electron chi connectivity index (χ2n) is 4.91. The van der Waals surface area contributed by atoms with Crippen LogP contribution in [0.5, 0.6) is 0 Å². The van der Waals surface area contributed by atoms with Gasteiger partial charge in [-0.1, -0.05) is 6.92 Å². The van der Waals surface area contributed by atoms with Crippen molar-refractivity contribution in [2.24, 2.45) is 0 Å². The lowest BCUT2D eigenvalue weighted by Gasteiger charge is -2.18. The number of nitrogens with one attached hydrogen (secondary N) is 2. The molecule has 2 N–H and O–H groups in total. The van der Waals surface area contributed by atoms with Crippen molar-refractivity contribution >= 4 is 21.4 Å². The SMILES string of the molecule is CCCNCC(C)S(=O)(=O)NC(C)Cc1ccsc1. The quantitative estimate of drug-likeness (QED) is 0.686. The maximum absolute atomic E-state index is 12.1. The molecule has 0 spiro atoms. The zero-order valence-electron chi connectivity index (χ0n) is 11.8. The summed E-state index contributed by atoms with van der Waals surface area (Å²) in [6.07, 6.45) is 1.74. The zero-order valence-corrected chi connectivity index (χ0v) is 13.5. The highest BCUT2D eigenvalue weighted by Crippen LogP contribution is 2.09. The molecule has 19 heavy (non-hydrogen) atoms. The van der Waals surface area contributed by atoms with Gasteiger partial charge < -0.3 is 5.32 Å². The minimum absolute atomic E-state index is 0.0757. The smallest absolute Gasteiger partial charge is 0.215 e. The van der Waals surface area contributed by atoms with Gasteiger partial charge >= 0.3 is 0 Å². The van der Waals surface area contributed by atoms with Gasteiger partial charge in [-0.3, -0.25) is 0 Å². The maximum atomic E-state index is 12.1. The first-order chi connectivity index (χ1) is 8.95. The largest absolute Gasteiger partial charge is 0.315 e. The Morgan fingerprint density at radius 3 is 2.68 bits per heavy atom. The Morgan fingerprint density at radius 2 is 2.11 bits per heavy atom. The van der Waals surface area contributed by atoms with Crippen LogP contribution in [0.1, 0.15) is 32.8 Å². The van der Waals surface area contributed by atoms with Gasteiger partial charge in [-0.05, 0) is 55.6 Å². The highest BCUT2D eigenvalue weighted by Gasteiger charge is 2.22. The van der Waals surface area contributed by atoms with Crippen LogP contribution >= 0.6 is 11.3 Å². The number of rotatable bonds is 9. The van der Waals surface area contributed by atoms with E-state index in [0.29, 0.717) is 6.54 Å². The summed E-state index contributed by atoms with van der Waals surface area (Å²) in [5.74, 6) is 0. The van der Waals surface area contributed by atoms with Crippen LogP contribution in [0.2, 0.25) is 0 Å². The molecule has 1 aromatic heterocycles. The molecule has 0 bridgehead atoms. The molecule has 0 saturated carbocycles. The summed E-state index contributed by atoms with van der Waals surface area (Å²) in [6, 6.07) is 1.95. The first-order valence-corrected chi connectivity index (χ1v) is 9.17. The number of thiophene rings is 1. The van der Waals surface area contributed by atoms with Crippen LogP contribution in [-0.2, 0) is 16.4 Å².